The second-order valence-electron chi connectivity index (χ2n) is 9.04. The van der Waals surface area contributed by atoms with E-state index in [2.05, 4.69) is 70.4 Å². The van der Waals surface area contributed by atoms with Gasteiger partial charge in [0.25, 0.3) is 5.91 Å². The van der Waals surface area contributed by atoms with Gasteiger partial charge in [0, 0.05) is 44.1 Å². The van der Waals surface area contributed by atoms with Crippen LogP contribution in [0.1, 0.15) is 52.9 Å². The molecule has 0 saturated heterocycles. The number of aryl methyl sites for hydroxylation is 1. The van der Waals surface area contributed by atoms with Crippen LogP contribution in [0.5, 0.6) is 0 Å². The molecule has 5 rings (SSSR count). The van der Waals surface area contributed by atoms with E-state index in [1.807, 2.05) is 11.0 Å². The van der Waals surface area contributed by atoms with Gasteiger partial charge in [0.1, 0.15) is 17.7 Å². The molecule has 6 heteroatoms. The minimum absolute atomic E-state index is 0.0240. The first-order valence-electron chi connectivity index (χ1n) is 11.9. The second-order valence-corrected chi connectivity index (χ2v) is 9.04. The van der Waals surface area contributed by atoms with Crippen LogP contribution >= 0.6 is 0 Å². The molecule has 3 heterocycles. The van der Waals surface area contributed by atoms with Crippen molar-refractivity contribution in [1.29, 1.82) is 0 Å². The lowest BCUT2D eigenvalue weighted by Gasteiger charge is -2.35. The standard InChI is InChI=1S/C27H31N5O/c1-3-31-12-6-9-22-14-20(10-11-25(22)31)15-29-26-24(16-28-18-30-26)27(33)32-17-23-8-5-4-7-21(23)13-19(32)2/h4-5,7-8,10-11,14,16,18-19H,3,6,9,12-13,15,17H2,1-2H3,(H,28,29,30). The summed E-state index contributed by atoms with van der Waals surface area (Å²) in [6, 6.07) is 15.2. The lowest BCUT2D eigenvalue weighted by atomic mass is 9.94. The number of amides is 1. The summed E-state index contributed by atoms with van der Waals surface area (Å²) in [4.78, 5) is 26.5. The predicted octanol–water partition coefficient (Wildman–Crippen LogP) is 4.45. The van der Waals surface area contributed by atoms with Crippen LogP contribution in [-0.2, 0) is 25.9 Å². The van der Waals surface area contributed by atoms with Crippen LogP contribution in [0.15, 0.2) is 55.0 Å². The number of nitrogens with zero attached hydrogens (tertiary/aromatic N) is 4. The second kappa shape index (κ2) is 9.22. The summed E-state index contributed by atoms with van der Waals surface area (Å²) in [6.07, 6.45) is 6.31. The van der Waals surface area contributed by atoms with Gasteiger partial charge in [0.05, 0.1) is 0 Å². The number of aromatic nitrogens is 2. The fourth-order valence-electron chi connectivity index (χ4n) is 5.08. The molecule has 6 nitrogen and oxygen atoms in total. The summed E-state index contributed by atoms with van der Waals surface area (Å²) in [5, 5.41) is 3.40. The normalized spacial score (nSPS) is 17.3. The van der Waals surface area contributed by atoms with Crippen LogP contribution in [-0.4, -0.2) is 39.9 Å². The molecular weight excluding hydrogens is 410 g/mol. The minimum Gasteiger partial charge on any atom is -0.372 e. The Bertz CT molecular complexity index is 1160. The zero-order chi connectivity index (χ0) is 22.8. The van der Waals surface area contributed by atoms with Gasteiger partial charge >= 0.3 is 0 Å². The molecule has 1 unspecified atom stereocenters. The van der Waals surface area contributed by atoms with Gasteiger partial charge in [-0.25, -0.2) is 9.97 Å². The highest BCUT2D eigenvalue weighted by molar-refractivity contribution is 5.98. The van der Waals surface area contributed by atoms with Gasteiger partial charge in [-0.05, 0) is 61.4 Å². The summed E-state index contributed by atoms with van der Waals surface area (Å²) in [5.41, 5.74) is 7.02. The van der Waals surface area contributed by atoms with Crippen LogP contribution in [0, 0.1) is 0 Å². The Morgan fingerprint density at radius 2 is 2.00 bits per heavy atom. The van der Waals surface area contributed by atoms with E-state index in [4.69, 9.17) is 0 Å². The van der Waals surface area contributed by atoms with Crippen LogP contribution in [0.4, 0.5) is 11.5 Å². The van der Waals surface area contributed by atoms with Crippen LogP contribution in [0.3, 0.4) is 0 Å². The first-order valence-corrected chi connectivity index (χ1v) is 11.9. The molecule has 0 bridgehead atoms. The Morgan fingerprint density at radius 3 is 2.85 bits per heavy atom. The average molecular weight is 442 g/mol. The van der Waals surface area contributed by atoms with Crippen molar-refractivity contribution >= 4 is 17.4 Å². The van der Waals surface area contributed by atoms with Crippen molar-refractivity contribution < 1.29 is 4.79 Å². The fourth-order valence-corrected chi connectivity index (χ4v) is 5.08. The molecule has 3 aromatic rings. The largest absolute Gasteiger partial charge is 0.372 e. The highest BCUT2D eigenvalue weighted by Crippen LogP contribution is 2.29. The van der Waals surface area contributed by atoms with Crippen LogP contribution in [0.25, 0.3) is 0 Å². The van der Waals surface area contributed by atoms with E-state index >= 15 is 0 Å². The molecule has 0 fully saturated rings. The summed E-state index contributed by atoms with van der Waals surface area (Å²) in [7, 11) is 0. The Kier molecular flexibility index (Phi) is 5.99. The van der Waals surface area contributed by atoms with Crippen molar-refractivity contribution in [2.24, 2.45) is 0 Å². The average Bonchev–Trinajstić information content (AvgIpc) is 2.86. The lowest BCUT2D eigenvalue weighted by Crippen LogP contribution is -2.42. The molecule has 0 aliphatic carbocycles. The molecule has 1 N–H and O–H groups in total. The molecule has 1 amide bonds. The molecule has 2 aliphatic heterocycles. The number of carbonyl (C=O) groups excluding carboxylic acids is 1. The third-order valence-electron chi connectivity index (χ3n) is 6.91. The maximum atomic E-state index is 13.5. The van der Waals surface area contributed by atoms with E-state index in [1.54, 1.807) is 6.20 Å². The summed E-state index contributed by atoms with van der Waals surface area (Å²) >= 11 is 0. The molecular formula is C27H31N5O. The molecule has 1 aromatic heterocycles. The van der Waals surface area contributed by atoms with Gasteiger partial charge in [-0.1, -0.05) is 36.4 Å². The quantitative estimate of drug-likeness (QED) is 0.634. The van der Waals surface area contributed by atoms with Crippen molar-refractivity contribution in [1.82, 2.24) is 14.9 Å². The molecule has 0 radical (unpaired) electrons. The smallest absolute Gasteiger partial charge is 0.259 e. The van der Waals surface area contributed by atoms with Crippen molar-refractivity contribution in [2.45, 2.75) is 52.2 Å². The zero-order valence-electron chi connectivity index (χ0n) is 19.4. The third-order valence-corrected chi connectivity index (χ3v) is 6.91. The number of hydrogen-bond acceptors (Lipinski definition) is 5. The number of nitrogens with one attached hydrogen (secondary N) is 1. The van der Waals surface area contributed by atoms with Crippen molar-refractivity contribution in [3.05, 3.63) is 82.8 Å². The van der Waals surface area contributed by atoms with Gasteiger partial charge in [-0.3, -0.25) is 4.79 Å². The molecule has 2 aromatic carbocycles. The number of fused-ring (bicyclic) bond motifs is 2. The van der Waals surface area contributed by atoms with E-state index in [0.29, 0.717) is 24.5 Å². The van der Waals surface area contributed by atoms with Gasteiger partial charge in [-0.2, -0.15) is 0 Å². The van der Waals surface area contributed by atoms with Crippen molar-refractivity contribution in [3.63, 3.8) is 0 Å². The maximum absolute atomic E-state index is 13.5. The van der Waals surface area contributed by atoms with Crippen LogP contribution in [0.2, 0.25) is 0 Å². The first kappa shape index (κ1) is 21.4. The number of carbonyl (C=O) groups is 1. The molecule has 0 saturated carbocycles. The number of hydrogen-bond donors (Lipinski definition) is 1. The Hall–Kier alpha value is -3.41. The maximum Gasteiger partial charge on any atom is 0.259 e. The van der Waals surface area contributed by atoms with Crippen molar-refractivity contribution in [3.8, 4) is 0 Å². The molecule has 33 heavy (non-hydrogen) atoms. The van der Waals surface area contributed by atoms with Crippen molar-refractivity contribution in [2.75, 3.05) is 23.3 Å². The molecule has 170 valence electrons. The predicted molar refractivity (Wildman–Crippen MR) is 131 cm³/mol. The third kappa shape index (κ3) is 4.30. The van der Waals surface area contributed by atoms with E-state index in [1.165, 1.54) is 40.7 Å². The highest BCUT2D eigenvalue weighted by Gasteiger charge is 2.29. The first-order chi connectivity index (χ1) is 16.1. The molecule has 0 spiro atoms. The number of benzene rings is 2. The minimum atomic E-state index is -0.0240. The van der Waals surface area contributed by atoms with Gasteiger partial charge < -0.3 is 15.1 Å². The molecule has 2 aliphatic rings. The topological polar surface area (TPSA) is 61.4 Å². The molecule has 1 atom stereocenters. The van der Waals surface area contributed by atoms with Gasteiger partial charge in [0.15, 0.2) is 0 Å². The Morgan fingerprint density at radius 1 is 1.15 bits per heavy atom. The lowest BCUT2D eigenvalue weighted by molar-refractivity contribution is 0.0658. The highest BCUT2D eigenvalue weighted by atomic mass is 16.2. The van der Waals surface area contributed by atoms with E-state index < -0.39 is 0 Å². The van der Waals surface area contributed by atoms with E-state index in [9.17, 15) is 4.79 Å². The number of anilines is 2. The van der Waals surface area contributed by atoms with Gasteiger partial charge in [0.2, 0.25) is 0 Å². The summed E-state index contributed by atoms with van der Waals surface area (Å²) in [6.45, 7) is 7.72. The summed E-state index contributed by atoms with van der Waals surface area (Å²) in [5.74, 6) is 0.568. The Balaban J connectivity index is 1.33. The number of rotatable bonds is 5. The van der Waals surface area contributed by atoms with Gasteiger partial charge in [-0.15, -0.1) is 0 Å². The SMILES string of the molecule is CCN1CCCc2cc(CNc3ncncc3C(=O)N3Cc4ccccc4CC3C)ccc21. The van der Waals surface area contributed by atoms with E-state index in [0.717, 1.165) is 25.9 Å². The van der Waals surface area contributed by atoms with E-state index in [-0.39, 0.29) is 11.9 Å². The Labute approximate surface area is 195 Å². The monoisotopic (exact) mass is 441 g/mol. The zero-order valence-corrected chi connectivity index (χ0v) is 19.4. The summed E-state index contributed by atoms with van der Waals surface area (Å²) < 4.78 is 0. The van der Waals surface area contributed by atoms with Crippen LogP contribution < -0.4 is 10.2 Å². The fraction of sp³-hybridized carbons (Fsp3) is 0.370.